The van der Waals surface area contributed by atoms with E-state index in [4.69, 9.17) is 9.47 Å². The number of carbonyl (C=O) groups is 3. The van der Waals surface area contributed by atoms with Gasteiger partial charge in [-0.05, 0) is 31.2 Å². The van der Waals surface area contributed by atoms with Gasteiger partial charge in [-0.1, -0.05) is 0 Å². The van der Waals surface area contributed by atoms with Crippen molar-refractivity contribution in [2.45, 2.75) is 25.3 Å². The molecule has 0 atom stereocenters. The summed E-state index contributed by atoms with van der Waals surface area (Å²) in [6.07, 6.45) is 0.850. The monoisotopic (exact) mass is 347 g/mol. The molecule has 2 saturated heterocycles. The van der Waals surface area contributed by atoms with Crippen LogP contribution in [0.3, 0.4) is 0 Å². The van der Waals surface area contributed by atoms with Crippen molar-refractivity contribution < 1.29 is 23.9 Å². The summed E-state index contributed by atoms with van der Waals surface area (Å²) < 4.78 is 10.6. The molecule has 0 aromatic heterocycles. The summed E-state index contributed by atoms with van der Waals surface area (Å²) >= 11 is 0. The van der Waals surface area contributed by atoms with Crippen molar-refractivity contribution in [3.63, 3.8) is 0 Å². The van der Waals surface area contributed by atoms with Crippen LogP contribution < -0.4 is 15.4 Å². The molecule has 2 aliphatic heterocycles. The van der Waals surface area contributed by atoms with Crippen molar-refractivity contribution in [1.29, 1.82) is 0 Å². The lowest BCUT2D eigenvalue weighted by Crippen LogP contribution is -2.51. The molecular formula is C17H21N3O5. The molecule has 1 aromatic carbocycles. The number of imide groups is 1. The fourth-order valence-corrected chi connectivity index (χ4v) is 3.02. The molecule has 1 spiro atoms. The molecule has 2 fully saturated rings. The van der Waals surface area contributed by atoms with Crippen molar-refractivity contribution in [2.24, 2.45) is 0 Å². The van der Waals surface area contributed by atoms with E-state index in [1.807, 2.05) is 6.92 Å². The summed E-state index contributed by atoms with van der Waals surface area (Å²) in [5, 5.41) is 5.40. The maximum absolute atomic E-state index is 12.6. The number of nitrogens with one attached hydrogen (secondary N) is 2. The molecule has 1 aromatic rings. The highest BCUT2D eigenvalue weighted by Gasteiger charge is 2.52. The van der Waals surface area contributed by atoms with Crippen LogP contribution in [0.25, 0.3) is 0 Å². The summed E-state index contributed by atoms with van der Waals surface area (Å²) in [6.45, 7) is 2.96. The van der Waals surface area contributed by atoms with Gasteiger partial charge in [-0.25, -0.2) is 4.79 Å². The van der Waals surface area contributed by atoms with Gasteiger partial charge in [-0.2, -0.15) is 0 Å². The van der Waals surface area contributed by atoms with Gasteiger partial charge in [0.2, 0.25) is 5.91 Å². The second-order valence-electron chi connectivity index (χ2n) is 6.02. The summed E-state index contributed by atoms with van der Waals surface area (Å²) in [6, 6.07) is 6.35. The third-order valence-electron chi connectivity index (χ3n) is 4.34. The topological polar surface area (TPSA) is 97.0 Å². The molecule has 25 heavy (non-hydrogen) atoms. The van der Waals surface area contributed by atoms with Gasteiger partial charge in [0.1, 0.15) is 17.8 Å². The Morgan fingerprint density at radius 3 is 2.60 bits per heavy atom. The second kappa shape index (κ2) is 7.10. The van der Waals surface area contributed by atoms with Gasteiger partial charge in [0.05, 0.1) is 6.61 Å². The molecule has 2 heterocycles. The number of carbonyl (C=O) groups excluding carboxylic acids is 3. The standard InChI is InChI=1S/C17H21N3O5/c1-2-25-13-5-3-12(4-6-13)18-14(21)11-20-15(22)17(19-16(20)23)7-9-24-10-8-17/h3-6H,2,7-11H2,1H3,(H,18,21)(H,19,23). The van der Waals surface area contributed by atoms with Crippen LogP contribution >= 0.6 is 0 Å². The number of ether oxygens (including phenoxy) is 2. The smallest absolute Gasteiger partial charge is 0.325 e. The van der Waals surface area contributed by atoms with Crippen LogP contribution in [0, 0.1) is 0 Å². The van der Waals surface area contributed by atoms with Gasteiger partial charge in [0.25, 0.3) is 5.91 Å². The fraction of sp³-hybridized carbons (Fsp3) is 0.471. The maximum atomic E-state index is 12.6. The largest absolute Gasteiger partial charge is 0.494 e. The molecule has 0 bridgehead atoms. The molecular weight excluding hydrogens is 326 g/mol. The molecule has 8 nitrogen and oxygen atoms in total. The molecule has 3 rings (SSSR count). The number of benzene rings is 1. The molecule has 2 N–H and O–H groups in total. The Balaban J connectivity index is 1.60. The first-order valence-corrected chi connectivity index (χ1v) is 8.29. The predicted octanol–water partition coefficient (Wildman–Crippen LogP) is 1.12. The summed E-state index contributed by atoms with van der Waals surface area (Å²) in [4.78, 5) is 37.9. The summed E-state index contributed by atoms with van der Waals surface area (Å²) in [7, 11) is 0. The van der Waals surface area contributed by atoms with Crippen LogP contribution in [-0.2, 0) is 14.3 Å². The van der Waals surface area contributed by atoms with E-state index in [2.05, 4.69) is 10.6 Å². The van der Waals surface area contributed by atoms with Gasteiger partial charge in [0, 0.05) is 31.7 Å². The van der Waals surface area contributed by atoms with Crippen LogP contribution in [-0.4, -0.2) is 54.6 Å². The minimum atomic E-state index is -0.922. The highest BCUT2D eigenvalue weighted by molar-refractivity contribution is 6.10. The van der Waals surface area contributed by atoms with Crippen LogP contribution in [0.2, 0.25) is 0 Å². The molecule has 0 radical (unpaired) electrons. The molecule has 0 unspecified atom stereocenters. The van der Waals surface area contributed by atoms with Crippen LogP contribution in [0.4, 0.5) is 10.5 Å². The second-order valence-corrected chi connectivity index (χ2v) is 6.02. The average Bonchev–Trinajstić information content (AvgIpc) is 2.82. The quantitative estimate of drug-likeness (QED) is 0.778. The summed E-state index contributed by atoms with van der Waals surface area (Å²) in [5.74, 6) is -0.0875. The maximum Gasteiger partial charge on any atom is 0.325 e. The van der Waals surface area contributed by atoms with E-state index in [0.717, 1.165) is 4.90 Å². The highest BCUT2D eigenvalue weighted by atomic mass is 16.5. The molecule has 8 heteroatoms. The van der Waals surface area contributed by atoms with E-state index >= 15 is 0 Å². The van der Waals surface area contributed by atoms with Crippen LogP contribution in [0.15, 0.2) is 24.3 Å². The Kier molecular flexibility index (Phi) is 4.89. The van der Waals surface area contributed by atoms with Gasteiger partial charge < -0.3 is 20.1 Å². The van der Waals surface area contributed by atoms with Gasteiger partial charge in [-0.15, -0.1) is 0 Å². The first-order chi connectivity index (χ1) is 12.0. The molecule has 0 saturated carbocycles. The third-order valence-corrected chi connectivity index (χ3v) is 4.34. The van der Waals surface area contributed by atoms with Crippen molar-refractivity contribution >= 4 is 23.5 Å². The molecule has 4 amide bonds. The van der Waals surface area contributed by atoms with E-state index in [1.165, 1.54) is 0 Å². The van der Waals surface area contributed by atoms with Crippen molar-refractivity contribution in [3.05, 3.63) is 24.3 Å². The van der Waals surface area contributed by atoms with Gasteiger partial charge in [-0.3, -0.25) is 14.5 Å². The SMILES string of the molecule is CCOc1ccc(NC(=O)CN2C(=O)NC3(CCOCC3)C2=O)cc1. The first kappa shape index (κ1) is 17.2. The Morgan fingerprint density at radius 2 is 1.96 bits per heavy atom. The molecule has 0 aliphatic carbocycles. The third kappa shape index (κ3) is 3.58. The number of urea groups is 1. The lowest BCUT2D eigenvalue weighted by Gasteiger charge is -2.30. The fourth-order valence-electron chi connectivity index (χ4n) is 3.02. The molecule has 2 aliphatic rings. The van der Waals surface area contributed by atoms with Gasteiger partial charge in [0.15, 0.2) is 0 Å². The zero-order valence-corrected chi connectivity index (χ0v) is 14.0. The Labute approximate surface area is 145 Å². The predicted molar refractivity (Wildman–Crippen MR) is 89.3 cm³/mol. The number of rotatable bonds is 5. The summed E-state index contributed by atoms with van der Waals surface area (Å²) in [5.41, 5.74) is -0.351. The van der Waals surface area contributed by atoms with Crippen molar-refractivity contribution in [2.75, 3.05) is 31.7 Å². The van der Waals surface area contributed by atoms with Crippen molar-refractivity contribution in [1.82, 2.24) is 10.2 Å². The van der Waals surface area contributed by atoms with Crippen LogP contribution in [0.1, 0.15) is 19.8 Å². The zero-order valence-electron chi connectivity index (χ0n) is 14.0. The molecule has 134 valence electrons. The van der Waals surface area contributed by atoms with E-state index in [1.54, 1.807) is 24.3 Å². The number of nitrogens with zero attached hydrogens (tertiary/aromatic N) is 1. The zero-order chi connectivity index (χ0) is 17.9. The van der Waals surface area contributed by atoms with E-state index in [9.17, 15) is 14.4 Å². The van der Waals surface area contributed by atoms with E-state index < -0.39 is 17.5 Å². The van der Waals surface area contributed by atoms with Crippen LogP contribution in [0.5, 0.6) is 5.75 Å². The van der Waals surface area contributed by atoms with Crippen molar-refractivity contribution in [3.8, 4) is 5.75 Å². The Morgan fingerprint density at radius 1 is 1.28 bits per heavy atom. The highest BCUT2D eigenvalue weighted by Crippen LogP contribution is 2.28. The lowest BCUT2D eigenvalue weighted by atomic mass is 9.90. The number of hydrogen-bond donors (Lipinski definition) is 2. The normalized spacial score (nSPS) is 19.0. The van der Waals surface area contributed by atoms with E-state index in [-0.39, 0.29) is 12.5 Å². The minimum absolute atomic E-state index is 0.319. The lowest BCUT2D eigenvalue weighted by molar-refractivity contribution is -0.136. The van der Waals surface area contributed by atoms with E-state index in [0.29, 0.717) is 44.1 Å². The average molecular weight is 347 g/mol. The van der Waals surface area contributed by atoms with Gasteiger partial charge >= 0.3 is 6.03 Å². The Bertz CT molecular complexity index is 667. The first-order valence-electron chi connectivity index (χ1n) is 8.29. The number of anilines is 1. The Hall–Kier alpha value is -2.61. The number of amides is 4. The number of hydrogen-bond acceptors (Lipinski definition) is 5. The minimum Gasteiger partial charge on any atom is -0.494 e.